The SMILES string of the molecule is C=C/C=C(\C=C/C)C(C)(CC)CC=N.CC. The van der Waals surface area contributed by atoms with E-state index in [0.717, 1.165) is 12.8 Å². The molecule has 0 bridgehead atoms. The molecule has 1 unspecified atom stereocenters. The van der Waals surface area contributed by atoms with Gasteiger partial charge in [0.1, 0.15) is 0 Å². The van der Waals surface area contributed by atoms with Crippen molar-refractivity contribution < 1.29 is 0 Å². The van der Waals surface area contributed by atoms with E-state index in [4.69, 9.17) is 5.41 Å². The first-order valence-electron chi connectivity index (χ1n) is 6.09. The molecule has 0 amide bonds. The topological polar surface area (TPSA) is 23.9 Å². The van der Waals surface area contributed by atoms with Crippen molar-refractivity contribution in [2.75, 3.05) is 0 Å². The van der Waals surface area contributed by atoms with E-state index in [1.807, 2.05) is 39.0 Å². The molecule has 0 radical (unpaired) electrons. The Hall–Kier alpha value is -1.11. The number of rotatable bonds is 6. The maximum Gasteiger partial charge on any atom is -0.00289 e. The highest BCUT2D eigenvalue weighted by Gasteiger charge is 2.23. The Morgan fingerprint density at radius 2 is 1.94 bits per heavy atom. The van der Waals surface area contributed by atoms with Crippen LogP contribution < -0.4 is 0 Å². The molecule has 0 heterocycles. The minimum Gasteiger partial charge on any atom is -0.313 e. The first-order chi connectivity index (χ1) is 7.64. The molecule has 0 aliphatic rings. The Balaban J connectivity index is 0. The van der Waals surface area contributed by atoms with Crippen LogP contribution in [0.4, 0.5) is 0 Å². The van der Waals surface area contributed by atoms with Crippen molar-refractivity contribution in [1.82, 2.24) is 0 Å². The van der Waals surface area contributed by atoms with Gasteiger partial charge in [0.2, 0.25) is 0 Å². The van der Waals surface area contributed by atoms with Crippen molar-refractivity contribution in [2.45, 2.75) is 47.5 Å². The van der Waals surface area contributed by atoms with Gasteiger partial charge in [0.25, 0.3) is 0 Å². The first kappa shape index (κ1) is 17.3. The van der Waals surface area contributed by atoms with Gasteiger partial charge in [0, 0.05) is 0 Å². The van der Waals surface area contributed by atoms with Gasteiger partial charge < -0.3 is 5.41 Å². The highest BCUT2D eigenvalue weighted by molar-refractivity contribution is 5.56. The fourth-order valence-corrected chi connectivity index (χ4v) is 1.46. The second-order valence-electron chi connectivity index (χ2n) is 3.68. The Kier molecular flexibility index (Phi) is 11.2. The van der Waals surface area contributed by atoms with Crippen molar-refractivity contribution in [2.24, 2.45) is 5.41 Å². The molecule has 0 aromatic rings. The van der Waals surface area contributed by atoms with E-state index in [1.54, 1.807) is 0 Å². The van der Waals surface area contributed by atoms with Gasteiger partial charge in [-0.05, 0) is 37.0 Å². The molecular weight excluding hydrogens is 194 g/mol. The van der Waals surface area contributed by atoms with Crippen LogP contribution in [0.1, 0.15) is 47.5 Å². The summed E-state index contributed by atoms with van der Waals surface area (Å²) < 4.78 is 0. The van der Waals surface area contributed by atoms with Crippen LogP contribution in [0.5, 0.6) is 0 Å². The fourth-order valence-electron chi connectivity index (χ4n) is 1.46. The zero-order chi connectivity index (χ0) is 13.0. The second-order valence-corrected chi connectivity index (χ2v) is 3.68. The van der Waals surface area contributed by atoms with Crippen LogP contribution in [0.15, 0.2) is 36.5 Å². The van der Waals surface area contributed by atoms with E-state index < -0.39 is 0 Å². The lowest BCUT2D eigenvalue weighted by Gasteiger charge is -2.28. The molecule has 0 spiro atoms. The lowest BCUT2D eigenvalue weighted by Crippen LogP contribution is -2.17. The van der Waals surface area contributed by atoms with Crippen molar-refractivity contribution in [3.8, 4) is 0 Å². The van der Waals surface area contributed by atoms with Gasteiger partial charge >= 0.3 is 0 Å². The van der Waals surface area contributed by atoms with Gasteiger partial charge in [-0.1, -0.05) is 58.6 Å². The van der Waals surface area contributed by atoms with E-state index in [1.165, 1.54) is 11.8 Å². The molecule has 16 heavy (non-hydrogen) atoms. The summed E-state index contributed by atoms with van der Waals surface area (Å²) in [7, 11) is 0. The largest absolute Gasteiger partial charge is 0.313 e. The van der Waals surface area contributed by atoms with Gasteiger partial charge in [0.15, 0.2) is 0 Å². The lowest BCUT2D eigenvalue weighted by molar-refractivity contribution is 0.411. The van der Waals surface area contributed by atoms with Crippen molar-refractivity contribution in [3.63, 3.8) is 0 Å². The normalized spacial score (nSPS) is 14.9. The summed E-state index contributed by atoms with van der Waals surface area (Å²) in [6, 6.07) is 0. The standard InChI is InChI=1S/C13H21N.C2H6/c1-5-8-12(9-6-2)13(4,7-3)10-11-14;1-2/h5-6,8-9,11,14H,1,7,10H2,2-4H3;1-2H3/b9-6-,12-8+,14-11?;. The third-order valence-electron chi connectivity index (χ3n) is 2.67. The lowest BCUT2D eigenvalue weighted by atomic mass is 9.76. The second kappa shape index (κ2) is 10.4. The molecule has 1 nitrogen and oxygen atoms in total. The fraction of sp³-hybridized carbons (Fsp3) is 0.533. The predicted molar refractivity (Wildman–Crippen MR) is 76.2 cm³/mol. The van der Waals surface area contributed by atoms with Crippen molar-refractivity contribution in [1.29, 1.82) is 5.41 Å². The summed E-state index contributed by atoms with van der Waals surface area (Å²) in [5.41, 5.74) is 1.32. The zero-order valence-corrected chi connectivity index (χ0v) is 11.5. The highest BCUT2D eigenvalue weighted by Crippen LogP contribution is 2.34. The molecule has 0 fully saturated rings. The molecule has 0 saturated carbocycles. The van der Waals surface area contributed by atoms with Gasteiger partial charge in [-0.3, -0.25) is 0 Å². The smallest absolute Gasteiger partial charge is 0.00289 e. The average molecular weight is 221 g/mol. The van der Waals surface area contributed by atoms with Crippen LogP contribution in [0.25, 0.3) is 0 Å². The quantitative estimate of drug-likeness (QED) is 0.473. The Labute approximate surface area is 101 Å². The van der Waals surface area contributed by atoms with Crippen LogP contribution in [-0.4, -0.2) is 6.21 Å². The van der Waals surface area contributed by atoms with Crippen LogP contribution in [0.3, 0.4) is 0 Å². The molecule has 0 aromatic heterocycles. The van der Waals surface area contributed by atoms with Crippen molar-refractivity contribution in [3.05, 3.63) is 36.5 Å². The molecular formula is C15H27N. The third kappa shape index (κ3) is 5.69. The maximum atomic E-state index is 7.22. The summed E-state index contributed by atoms with van der Waals surface area (Å²) in [6.45, 7) is 14.1. The summed E-state index contributed by atoms with van der Waals surface area (Å²) in [4.78, 5) is 0. The van der Waals surface area contributed by atoms with Crippen LogP contribution in [0, 0.1) is 10.8 Å². The van der Waals surface area contributed by atoms with E-state index in [-0.39, 0.29) is 5.41 Å². The number of nitrogens with one attached hydrogen (secondary N) is 1. The maximum absolute atomic E-state index is 7.22. The molecule has 0 rings (SSSR count). The highest BCUT2D eigenvalue weighted by atomic mass is 14.4. The summed E-state index contributed by atoms with van der Waals surface area (Å²) >= 11 is 0. The summed E-state index contributed by atoms with van der Waals surface area (Å²) in [5, 5.41) is 7.22. The average Bonchev–Trinajstić information content (AvgIpc) is 2.31. The monoisotopic (exact) mass is 221 g/mol. The Morgan fingerprint density at radius 1 is 1.38 bits per heavy atom. The minimum atomic E-state index is 0.0719. The van der Waals surface area contributed by atoms with Crippen molar-refractivity contribution >= 4 is 6.21 Å². The molecule has 0 aliphatic heterocycles. The van der Waals surface area contributed by atoms with E-state index in [9.17, 15) is 0 Å². The predicted octanol–water partition coefficient (Wildman–Crippen LogP) is 5.16. The van der Waals surface area contributed by atoms with Gasteiger partial charge in [0.05, 0.1) is 0 Å². The Morgan fingerprint density at radius 3 is 2.25 bits per heavy atom. The molecule has 0 aromatic carbocycles. The molecule has 1 N–H and O–H groups in total. The van der Waals surface area contributed by atoms with Gasteiger partial charge in [-0.25, -0.2) is 0 Å². The van der Waals surface area contributed by atoms with E-state index >= 15 is 0 Å². The summed E-state index contributed by atoms with van der Waals surface area (Å²) in [6.07, 6.45) is 11.3. The van der Waals surface area contributed by atoms with Crippen LogP contribution in [-0.2, 0) is 0 Å². The van der Waals surface area contributed by atoms with Gasteiger partial charge in [-0.2, -0.15) is 0 Å². The third-order valence-corrected chi connectivity index (χ3v) is 2.67. The summed E-state index contributed by atoms with van der Waals surface area (Å²) in [5.74, 6) is 0. The Bertz CT molecular complexity index is 248. The number of hydrogen-bond acceptors (Lipinski definition) is 1. The number of hydrogen-bond donors (Lipinski definition) is 1. The van der Waals surface area contributed by atoms with Gasteiger partial charge in [-0.15, -0.1) is 0 Å². The molecule has 92 valence electrons. The molecule has 0 saturated heterocycles. The van der Waals surface area contributed by atoms with Crippen LogP contribution in [0.2, 0.25) is 0 Å². The minimum absolute atomic E-state index is 0.0719. The zero-order valence-electron chi connectivity index (χ0n) is 11.5. The van der Waals surface area contributed by atoms with E-state index in [2.05, 4.69) is 26.5 Å². The van der Waals surface area contributed by atoms with Crippen LogP contribution >= 0.6 is 0 Å². The van der Waals surface area contributed by atoms with E-state index in [0.29, 0.717) is 0 Å². The number of allylic oxidation sites excluding steroid dienone is 5. The molecule has 0 aliphatic carbocycles. The first-order valence-corrected chi connectivity index (χ1v) is 6.09. The molecule has 1 atom stereocenters. The molecule has 1 heteroatoms.